The van der Waals surface area contributed by atoms with E-state index in [2.05, 4.69) is 26.0 Å². The Kier molecular flexibility index (Phi) is 4.81. The second-order valence-electron chi connectivity index (χ2n) is 5.81. The molecule has 0 spiro atoms. The maximum Gasteiger partial charge on any atom is 0.233 e. The summed E-state index contributed by atoms with van der Waals surface area (Å²) in [5, 5.41) is 0. The molecular formula is C17H26N2O. The number of hydrogen-bond donors (Lipinski definition) is 1. The Morgan fingerprint density at radius 2 is 1.95 bits per heavy atom. The molecule has 20 heavy (non-hydrogen) atoms. The standard InChI is InChI=1S/C17H26N2O/c1-3-17(4-2,14-9-6-5-7-10-14)16(20)19-12-8-11-15(18)13-19/h5-7,9-10,15H,3-4,8,11-13,18H2,1-2H3. The monoisotopic (exact) mass is 274 g/mol. The molecule has 1 fully saturated rings. The number of piperidine rings is 1. The lowest BCUT2D eigenvalue weighted by atomic mass is 9.74. The Morgan fingerprint density at radius 1 is 1.30 bits per heavy atom. The first kappa shape index (κ1) is 15.0. The molecule has 2 rings (SSSR count). The highest BCUT2D eigenvalue weighted by Gasteiger charge is 2.40. The lowest BCUT2D eigenvalue weighted by Gasteiger charge is -2.39. The molecule has 1 heterocycles. The third kappa shape index (κ3) is 2.73. The zero-order valence-electron chi connectivity index (χ0n) is 12.6. The minimum atomic E-state index is -0.391. The van der Waals surface area contributed by atoms with Gasteiger partial charge in [-0.3, -0.25) is 4.79 Å². The van der Waals surface area contributed by atoms with Gasteiger partial charge < -0.3 is 10.6 Å². The van der Waals surface area contributed by atoms with Crippen LogP contribution in [0, 0.1) is 0 Å². The zero-order chi connectivity index (χ0) is 14.6. The van der Waals surface area contributed by atoms with Crippen LogP contribution in [0.4, 0.5) is 0 Å². The van der Waals surface area contributed by atoms with E-state index >= 15 is 0 Å². The summed E-state index contributed by atoms with van der Waals surface area (Å²) in [7, 11) is 0. The highest BCUT2D eigenvalue weighted by molar-refractivity contribution is 5.88. The van der Waals surface area contributed by atoms with Crippen molar-refractivity contribution in [2.24, 2.45) is 5.73 Å². The van der Waals surface area contributed by atoms with Gasteiger partial charge in [0.15, 0.2) is 0 Å². The van der Waals surface area contributed by atoms with Gasteiger partial charge >= 0.3 is 0 Å². The van der Waals surface area contributed by atoms with Gasteiger partial charge in [-0.15, -0.1) is 0 Å². The zero-order valence-corrected chi connectivity index (χ0v) is 12.6. The summed E-state index contributed by atoms with van der Waals surface area (Å²) >= 11 is 0. The van der Waals surface area contributed by atoms with E-state index in [0.29, 0.717) is 6.54 Å². The average Bonchev–Trinajstić information content (AvgIpc) is 2.50. The molecule has 1 aliphatic rings. The van der Waals surface area contributed by atoms with Crippen molar-refractivity contribution in [2.75, 3.05) is 13.1 Å². The van der Waals surface area contributed by atoms with E-state index in [1.807, 2.05) is 23.1 Å². The van der Waals surface area contributed by atoms with Crippen molar-refractivity contribution in [3.63, 3.8) is 0 Å². The van der Waals surface area contributed by atoms with Crippen molar-refractivity contribution in [1.29, 1.82) is 0 Å². The molecule has 3 nitrogen and oxygen atoms in total. The molecule has 1 saturated heterocycles. The lowest BCUT2D eigenvalue weighted by Crippen LogP contribution is -2.52. The molecule has 2 N–H and O–H groups in total. The molecule has 3 heteroatoms. The minimum Gasteiger partial charge on any atom is -0.340 e. The highest BCUT2D eigenvalue weighted by atomic mass is 16.2. The molecule has 1 unspecified atom stereocenters. The van der Waals surface area contributed by atoms with Gasteiger partial charge in [-0.25, -0.2) is 0 Å². The number of hydrogen-bond acceptors (Lipinski definition) is 2. The summed E-state index contributed by atoms with van der Waals surface area (Å²) in [6.07, 6.45) is 3.71. The molecule has 1 aromatic rings. The van der Waals surface area contributed by atoms with Gasteiger partial charge in [-0.1, -0.05) is 44.2 Å². The molecule has 0 aromatic heterocycles. The molecule has 0 saturated carbocycles. The summed E-state index contributed by atoms with van der Waals surface area (Å²) < 4.78 is 0. The van der Waals surface area contributed by atoms with Gasteiger partial charge in [0.25, 0.3) is 0 Å². The summed E-state index contributed by atoms with van der Waals surface area (Å²) in [6.45, 7) is 5.77. The molecule has 1 aliphatic heterocycles. The van der Waals surface area contributed by atoms with Crippen LogP contribution in [0.1, 0.15) is 45.1 Å². The van der Waals surface area contributed by atoms with Crippen LogP contribution in [0.25, 0.3) is 0 Å². The second kappa shape index (κ2) is 6.40. The van der Waals surface area contributed by atoms with Gasteiger partial charge in [-0.05, 0) is 31.2 Å². The predicted molar refractivity (Wildman–Crippen MR) is 82.5 cm³/mol. The van der Waals surface area contributed by atoms with Crippen molar-refractivity contribution in [3.8, 4) is 0 Å². The number of likely N-dealkylation sites (tertiary alicyclic amines) is 1. The van der Waals surface area contributed by atoms with E-state index < -0.39 is 5.41 Å². The van der Waals surface area contributed by atoms with Crippen molar-refractivity contribution in [3.05, 3.63) is 35.9 Å². The first-order valence-corrected chi connectivity index (χ1v) is 7.74. The normalized spacial score (nSPS) is 19.9. The Hall–Kier alpha value is -1.35. The SMILES string of the molecule is CCC(CC)(C(=O)N1CCCC(N)C1)c1ccccc1. The molecule has 0 radical (unpaired) electrons. The second-order valence-corrected chi connectivity index (χ2v) is 5.81. The Bertz CT molecular complexity index is 440. The summed E-state index contributed by atoms with van der Waals surface area (Å²) in [4.78, 5) is 15.1. The Morgan fingerprint density at radius 3 is 2.50 bits per heavy atom. The van der Waals surface area contributed by atoms with Crippen LogP contribution < -0.4 is 5.73 Å². The first-order valence-electron chi connectivity index (χ1n) is 7.74. The summed E-state index contributed by atoms with van der Waals surface area (Å²) in [5.74, 6) is 0.254. The first-order chi connectivity index (χ1) is 9.64. The smallest absolute Gasteiger partial charge is 0.233 e. The van der Waals surface area contributed by atoms with Crippen molar-refractivity contribution in [2.45, 2.75) is 51.0 Å². The topological polar surface area (TPSA) is 46.3 Å². The van der Waals surface area contributed by atoms with E-state index in [-0.39, 0.29) is 11.9 Å². The quantitative estimate of drug-likeness (QED) is 0.917. The van der Waals surface area contributed by atoms with Gasteiger partial charge in [-0.2, -0.15) is 0 Å². The van der Waals surface area contributed by atoms with E-state index in [9.17, 15) is 4.79 Å². The number of carbonyl (C=O) groups is 1. The third-order valence-electron chi connectivity index (χ3n) is 4.69. The molecule has 0 bridgehead atoms. The summed E-state index contributed by atoms with van der Waals surface area (Å²) in [6, 6.07) is 10.3. The fourth-order valence-corrected chi connectivity index (χ4v) is 3.34. The number of nitrogens with two attached hydrogens (primary N) is 1. The predicted octanol–water partition coefficient (Wildman–Crippen LogP) is 2.69. The molecule has 1 aromatic carbocycles. The van der Waals surface area contributed by atoms with Gasteiger partial charge in [0.1, 0.15) is 0 Å². The van der Waals surface area contributed by atoms with Crippen molar-refractivity contribution >= 4 is 5.91 Å². The number of rotatable bonds is 4. The number of benzene rings is 1. The number of carbonyl (C=O) groups excluding carboxylic acids is 1. The molecule has 1 atom stereocenters. The molecule has 0 aliphatic carbocycles. The maximum atomic E-state index is 13.1. The van der Waals surface area contributed by atoms with Gasteiger partial charge in [0.2, 0.25) is 5.91 Å². The van der Waals surface area contributed by atoms with Crippen LogP contribution >= 0.6 is 0 Å². The average molecular weight is 274 g/mol. The van der Waals surface area contributed by atoms with Crippen LogP contribution in [0.15, 0.2) is 30.3 Å². The molecule has 110 valence electrons. The van der Waals surface area contributed by atoms with E-state index in [4.69, 9.17) is 5.73 Å². The summed E-state index contributed by atoms with van der Waals surface area (Å²) in [5.41, 5.74) is 6.78. The van der Waals surface area contributed by atoms with Gasteiger partial charge in [0, 0.05) is 19.1 Å². The van der Waals surface area contributed by atoms with Crippen LogP contribution in [0.3, 0.4) is 0 Å². The maximum absolute atomic E-state index is 13.1. The lowest BCUT2D eigenvalue weighted by molar-refractivity contribution is -0.139. The molecule has 1 amide bonds. The fourth-order valence-electron chi connectivity index (χ4n) is 3.34. The Labute approximate surface area is 122 Å². The van der Waals surface area contributed by atoms with Crippen molar-refractivity contribution in [1.82, 2.24) is 4.90 Å². The largest absolute Gasteiger partial charge is 0.340 e. The number of amides is 1. The van der Waals surface area contributed by atoms with Crippen LogP contribution in [0.2, 0.25) is 0 Å². The minimum absolute atomic E-state index is 0.134. The Balaban J connectivity index is 2.30. The van der Waals surface area contributed by atoms with E-state index in [1.165, 1.54) is 0 Å². The fraction of sp³-hybridized carbons (Fsp3) is 0.588. The van der Waals surface area contributed by atoms with E-state index in [0.717, 1.165) is 37.8 Å². The van der Waals surface area contributed by atoms with Crippen LogP contribution in [-0.4, -0.2) is 29.9 Å². The molecular weight excluding hydrogens is 248 g/mol. The number of nitrogens with zero attached hydrogens (tertiary/aromatic N) is 1. The van der Waals surface area contributed by atoms with Crippen LogP contribution in [-0.2, 0) is 10.2 Å². The highest BCUT2D eigenvalue weighted by Crippen LogP contribution is 2.34. The van der Waals surface area contributed by atoms with Crippen molar-refractivity contribution < 1.29 is 4.79 Å². The third-order valence-corrected chi connectivity index (χ3v) is 4.69. The van der Waals surface area contributed by atoms with Gasteiger partial charge in [0.05, 0.1) is 5.41 Å². The van der Waals surface area contributed by atoms with E-state index in [1.54, 1.807) is 0 Å². The van der Waals surface area contributed by atoms with Crippen LogP contribution in [0.5, 0.6) is 0 Å².